The number of oxime groups is 1. The van der Waals surface area contributed by atoms with E-state index >= 15 is 0 Å². The molecule has 3 aliphatic rings. The Morgan fingerprint density at radius 2 is 1.84 bits per heavy atom. The number of nitrogens with zero attached hydrogens (tertiary/aromatic N) is 1. The molecule has 0 amide bonds. The van der Waals surface area contributed by atoms with Crippen LogP contribution in [-0.4, -0.2) is 44.3 Å². The van der Waals surface area contributed by atoms with Gasteiger partial charge in [0.25, 0.3) is 10.1 Å². The van der Waals surface area contributed by atoms with Gasteiger partial charge >= 0.3 is 5.97 Å². The molecule has 4 rings (SSSR count). The Hall–Kier alpha value is -2.26. The quantitative estimate of drug-likeness (QED) is 0.162. The minimum atomic E-state index is -4.13. The number of carbonyl (C=O) groups excluding carboxylic acids is 2. The van der Waals surface area contributed by atoms with Crippen LogP contribution in [0, 0.1) is 40.9 Å². The molecule has 2 bridgehead atoms. The molecule has 0 saturated heterocycles. The van der Waals surface area contributed by atoms with E-state index in [2.05, 4.69) is 25.9 Å². The van der Waals surface area contributed by atoms with E-state index in [4.69, 9.17) is 14.1 Å². The minimum absolute atomic E-state index is 0.0269. The molecule has 3 fully saturated rings. The maximum Gasteiger partial charge on any atom is 0.333 e. The van der Waals surface area contributed by atoms with Crippen molar-refractivity contribution in [2.45, 2.75) is 90.6 Å². The second kappa shape index (κ2) is 10.4. The van der Waals surface area contributed by atoms with Crippen molar-refractivity contribution < 1.29 is 32.1 Å². The predicted molar refractivity (Wildman–Crippen MR) is 142 cm³/mol. The summed E-state index contributed by atoms with van der Waals surface area (Å²) in [5.74, 6) is -0.361. The predicted octanol–water partition coefficient (Wildman–Crippen LogP) is 5.30. The molecule has 9 heteroatoms. The second-order valence-electron chi connectivity index (χ2n) is 12.3. The van der Waals surface area contributed by atoms with Crippen molar-refractivity contribution >= 4 is 28.1 Å². The maximum atomic E-state index is 14.0. The molecule has 0 radical (unpaired) electrons. The number of ether oxygens (including phenoxy) is 1. The van der Waals surface area contributed by atoms with Crippen molar-refractivity contribution in [1.82, 2.24) is 0 Å². The first-order valence-electron chi connectivity index (χ1n) is 13.7. The molecular weight excluding hydrogens is 506 g/mol. The molecule has 0 aliphatic heterocycles. The Labute approximate surface area is 226 Å². The van der Waals surface area contributed by atoms with Gasteiger partial charge < -0.3 is 9.94 Å². The van der Waals surface area contributed by atoms with Crippen molar-refractivity contribution in [2.75, 3.05) is 6.61 Å². The third-order valence-electron chi connectivity index (χ3n) is 10.4. The van der Waals surface area contributed by atoms with Gasteiger partial charge in [-0.3, -0.25) is 8.98 Å². The van der Waals surface area contributed by atoms with Crippen LogP contribution in [0.15, 0.2) is 34.3 Å². The Morgan fingerprint density at radius 3 is 2.50 bits per heavy atom. The summed E-state index contributed by atoms with van der Waals surface area (Å²) in [6, 6.07) is 6.21. The topological polar surface area (TPSA) is 119 Å². The molecule has 0 heterocycles. The van der Waals surface area contributed by atoms with Crippen LogP contribution in [0.4, 0.5) is 0 Å². The van der Waals surface area contributed by atoms with E-state index in [1.54, 1.807) is 12.1 Å². The van der Waals surface area contributed by atoms with Crippen LogP contribution in [0.3, 0.4) is 0 Å². The highest BCUT2D eigenvalue weighted by atomic mass is 32.2. The molecule has 210 valence electrons. The van der Waals surface area contributed by atoms with Gasteiger partial charge in [0.15, 0.2) is 6.61 Å². The first-order valence-corrected chi connectivity index (χ1v) is 15.1. The van der Waals surface area contributed by atoms with Crippen LogP contribution in [-0.2, 0) is 28.6 Å². The fourth-order valence-electron chi connectivity index (χ4n) is 7.94. The number of esters is 1. The fourth-order valence-corrected chi connectivity index (χ4v) is 8.80. The van der Waals surface area contributed by atoms with Crippen LogP contribution < -0.4 is 0 Å². The lowest BCUT2D eigenvalue weighted by atomic mass is 9.44. The number of ketones is 1. The molecule has 0 aromatic heterocycles. The third-order valence-corrected chi connectivity index (χ3v) is 11.7. The Bertz CT molecular complexity index is 1200. The van der Waals surface area contributed by atoms with Crippen molar-refractivity contribution in [3.05, 3.63) is 29.8 Å². The van der Waals surface area contributed by atoms with E-state index in [0.29, 0.717) is 0 Å². The van der Waals surface area contributed by atoms with Gasteiger partial charge in [0, 0.05) is 23.0 Å². The molecule has 1 aromatic carbocycles. The monoisotopic (exact) mass is 547 g/mol. The van der Waals surface area contributed by atoms with E-state index in [1.165, 1.54) is 18.3 Å². The zero-order valence-corrected chi connectivity index (χ0v) is 23.9. The maximum absolute atomic E-state index is 14.0. The summed E-state index contributed by atoms with van der Waals surface area (Å²) in [6.07, 6.45) is 6.08. The van der Waals surface area contributed by atoms with Gasteiger partial charge in [-0.25, -0.2) is 4.79 Å². The number of aryl methyl sites for hydroxylation is 1. The number of rotatable bonds is 7. The van der Waals surface area contributed by atoms with Gasteiger partial charge in [0.2, 0.25) is 0 Å². The van der Waals surface area contributed by atoms with Crippen molar-refractivity contribution in [2.24, 2.45) is 39.2 Å². The van der Waals surface area contributed by atoms with E-state index in [-0.39, 0.29) is 46.7 Å². The number of carbonyl (C=O) groups is 2. The molecule has 0 spiro atoms. The molecule has 3 saturated carbocycles. The van der Waals surface area contributed by atoms with Crippen LogP contribution in [0.25, 0.3) is 0 Å². The van der Waals surface area contributed by atoms with E-state index in [0.717, 1.165) is 37.7 Å². The van der Waals surface area contributed by atoms with Gasteiger partial charge in [-0.1, -0.05) is 51.8 Å². The molecule has 7 atom stereocenters. The Morgan fingerprint density at radius 1 is 1.16 bits per heavy atom. The number of benzene rings is 1. The second-order valence-corrected chi connectivity index (χ2v) is 14.0. The van der Waals surface area contributed by atoms with Crippen molar-refractivity contribution in [3.8, 4) is 0 Å². The van der Waals surface area contributed by atoms with Gasteiger partial charge in [-0.05, 0) is 74.8 Å². The van der Waals surface area contributed by atoms with Gasteiger partial charge in [0.05, 0.1) is 4.90 Å². The van der Waals surface area contributed by atoms with Gasteiger partial charge in [-0.2, -0.15) is 8.42 Å². The molecule has 38 heavy (non-hydrogen) atoms. The van der Waals surface area contributed by atoms with Crippen LogP contribution in [0.2, 0.25) is 0 Å². The minimum Gasteiger partial charge on any atom is -0.460 e. The SMILES string of the molecule is Cc1ccc(S(=O)(=O)OCC(=O)O[C@@H]2C[C@](C)(C/C=N/O)C(=O)[C@H](C)[C@]34CCCC3[C@@]2(C)[C@H](C)CC4)cc1. The molecule has 1 N–H and O–H groups in total. The summed E-state index contributed by atoms with van der Waals surface area (Å²) >= 11 is 0. The Kier molecular flexibility index (Phi) is 7.85. The average molecular weight is 548 g/mol. The first kappa shape index (κ1) is 28.7. The number of Topliss-reactive ketones (excluding diaryl/α,β-unsaturated/α-hetero) is 1. The fraction of sp³-hybridized carbons (Fsp3) is 0.690. The van der Waals surface area contributed by atoms with Gasteiger partial charge in [-0.15, -0.1) is 5.16 Å². The molecule has 1 unspecified atom stereocenters. The summed E-state index contributed by atoms with van der Waals surface area (Å²) in [4.78, 5) is 27.2. The molecule has 1 aromatic rings. The van der Waals surface area contributed by atoms with Crippen LogP contribution >= 0.6 is 0 Å². The Balaban J connectivity index is 1.65. The van der Waals surface area contributed by atoms with Crippen molar-refractivity contribution in [3.63, 3.8) is 0 Å². The van der Waals surface area contributed by atoms with E-state index < -0.39 is 39.6 Å². The zero-order valence-electron chi connectivity index (χ0n) is 23.1. The van der Waals surface area contributed by atoms with Gasteiger partial charge in [0.1, 0.15) is 11.9 Å². The smallest absolute Gasteiger partial charge is 0.333 e. The lowest BCUT2D eigenvalue weighted by Gasteiger charge is -2.61. The first-order chi connectivity index (χ1) is 17.8. The summed E-state index contributed by atoms with van der Waals surface area (Å²) in [6.45, 7) is 9.41. The summed E-state index contributed by atoms with van der Waals surface area (Å²) in [7, 11) is -4.13. The highest BCUT2D eigenvalue weighted by Gasteiger charge is 2.65. The van der Waals surface area contributed by atoms with Crippen LogP contribution in [0.5, 0.6) is 0 Å². The lowest BCUT2D eigenvalue weighted by molar-refractivity contribution is -0.195. The highest BCUT2D eigenvalue weighted by molar-refractivity contribution is 7.86. The average Bonchev–Trinajstić information content (AvgIpc) is 3.33. The molecular formula is C29H41NO7S. The highest BCUT2D eigenvalue weighted by Crippen LogP contribution is 2.68. The largest absolute Gasteiger partial charge is 0.460 e. The summed E-state index contributed by atoms with van der Waals surface area (Å²) in [5.41, 5.74) is -0.549. The van der Waals surface area contributed by atoms with Crippen molar-refractivity contribution in [1.29, 1.82) is 0 Å². The summed E-state index contributed by atoms with van der Waals surface area (Å²) < 4.78 is 36.5. The normalized spacial score (nSPS) is 37.4. The zero-order chi connectivity index (χ0) is 27.9. The molecule has 3 aliphatic carbocycles. The number of hydrogen-bond donors (Lipinski definition) is 1. The van der Waals surface area contributed by atoms with Crippen LogP contribution in [0.1, 0.15) is 78.2 Å². The van der Waals surface area contributed by atoms with E-state index in [9.17, 15) is 18.0 Å². The summed E-state index contributed by atoms with van der Waals surface area (Å²) in [5, 5.41) is 12.3. The number of hydrogen-bond acceptors (Lipinski definition) is 8. The lowest BCUT2D eigenvalue weighted by Crippen LogP contribution is -2.61. The third kappa shape index (κ3) is 4.81. The standard InChI is InChI=1S/C29H41NO7S/c1-19-8-10-22(11-9-19)38(34,35)36-18-25(31)37-24-17-27(4,15-16-30-33)26(32)21(3)29-13-6-7-23(29)28(24,5)20(2)12-14-29/h8-11,16,20-21,23-24,33H,6-7,12-15,17-18H2,1-5H3/b30-16+/t20-,21+,23?,24-,27+,28-,29-/m1/s1. The molecule has 8 nitrogen and oxygen atoms in total. The van der Waals surface area contributed by atoms with E-state index in [1.807, 2.05) is 13.8 Å².